The average Bonchev–Trinajstić information content (AvgIpc) is 2.73. The van der Waals surface area contributed by atoms with E-state index in [1.165, 1.54) is 7.11 Å². The molecule has 1 aromatic carbocycles. The van der Waals surface area contributed by atoms with Gasteiger partial charge < -0.3 is 9.64 Å². The molecule has 0 fully saturated rings. The molecule has 1 aliphatic heterocycles. The Hall–Kier alpha value is -3.25. The van der Waals surface area contributed by atoms with Crippen LogP contribution in [0.1, 0.15) is 21.5 Å². The minimum atomic E-state index is -0.345. The van der Waals surface area contributed by atoms with Crippen LogP contribution in [-0.2, 0) is 17.8 Å². The minimum absolute atomic E-state index is 0.345. The van der Waals surface area contributed by atoms with Gasteiger partial charge in [0.25, 0.3) is 0 Å². The quantitative estimate of drug-likeness (QED) is 0.665. The highest BCUT2D eigenvalue weighted by Gasteiger charge is 2.25. The third-order valence-electron chi connectivity index (χ3n) is 4.57. The van der Waals surface area contributed by atoms with Crippen LogP contribution < -0.4 is 4.90 Å². The maximum atomic E-state index is 11.9. The number of carbonyl (C=O) groups excluding carboxylic acids is 1. The number of carbonyl (C=O) groups is 1. The van der Waals surface area contributed by atoms with Crippen molar-refractivity contribution in [2.24, 2.45) is 0 Å². The molecule has 6 nitrogen and oxygen atoms in total. The van der Waals surface area contributed by atoms with E-state index in [-0.39, 0.29) is 5.97 Å². The smallest absolute Gasteiger partial charge is 0.337 e. The number of hydrogen-bond donors (Lipinski definition) is 0. The second-order valence-electron chi connectivity index (χ2n) is 6.45. The molecule has 3 aromatic rings. The third-order valence-corrected chi connectivity index (χ3v) is 4.57. The van der Waals surface area contributed by atoms with Crippen LogP contribution in [0.2, 0.25) is 0 Å². The summed E-state index contributed by atoms with van der Waals surface area (Å²) in [5, 5.41) is 0. The SMILES string of the molecule is COC(=O)c1cccc(N2CN(Cc3cccnc3)Cc3cccnc32)c1. The van der Waals surface area contributed by atoms with Crippen LogP contribution in [0.5, 0.6) is 0 Å². The highest BCUT2D eigenvalue weighted by atomic mass is 16.5. The van der Waals surface area contributed by atoms with Gasteiger partial charge in [-0.25, -0.2) is 9.78 Å². The fourth-order valence-corrected chi connectivity index (χ4v) is 3.33. The van der Waals surface area contributed by atoms with Gasteiger partial charge in [0.1, 0.15) is 5.82 Å². The number of aromatic nitrogens is 2. The first kappa shape index (κ1) is 17.2. The van der Waals surface area contributed by atoms with Crippen molar-refractivity contribution in [3.63, 3.8) is 0 Å². The Kier molecular flexibility index (Phi) is 4.80. The maximum absolute atomic E-state index is 11.9. The topological polar surface area (TPSA) is 58.6 Å². The van der Waals surface area contributed by atoms with Crippen molar-refractivity contribution in [1.29, 1.82) is 0 Å². The fourth-order valence-electron chi connectivity index (χ4n) is 3.33. The first-order valence-electron chi connectivity index (χ1n) is 8.75. The second kappa shape index (κ2) is 7.55. The molecule has 0 unspecified atom stereocenters. The molecule has 4 rings (SSSR count). The molecule has 27 heavy (non-hydrogen) atoms. The summed E-state index contributed by atoms with van der Waals surface area (Å²) in [5.74, 6) is 0.573. The molecule has 2 aromatic heterocycles. The zero-order valence-corrected chi connectivity index (χ0v) is 15.1. The van der Waals surface area contributed by atoms with E-state index in [2.05, 4.69) is 31.9 Å². The van der Waals surface area contributed by atoms with Gasteiger partial charge in [-0.2, -0.15) is 0 Å². The van der Waals surface area contributed by atoms with E-state index in [0.29, 0.717) is 12.2 Å². The Morgan fingerprint density at radius 1 is 1.15 bits per heavy atom. The molecule has 0 atom stereocenters. The van der Waals surface area contributed by atoms with E-state index < -0.39 is 0 Å². The van der Waals surface area contributed by atoms with Crippen LogP contribution in [0.3, 0.4) is 0 Å². The second-order valence-corrected chi connectivity index (χ2v) is 6.45. The van der Waals surface area contributed by atoms with Gasteiger partial charge >= 0.3 is 5.97 Å². The Morgan fingerprint density at radius 2 is 2.04 bits per heavy atom. The lowest BCUT2D eigenvalue weighted by molar-refractivity contribution is 0.0601. The largest absolute Gasteiger partial charge is 0.465 e. The number of rotatable bonds is 4. The van der Waals surface area contributed by atoms with Crippen LogP contribution in [0.15, 0.2) is 67.1 Å². The van der Waals surface area contributed by atoms with Crippen LogP contribution in [0.4, 0.5) is 11.5 Å². The van der Waals surface area contributed by atoms with E-state index in [1.807, 2.05) is 36.5 Å². The van der Waals surface area contributed by atoms with Crippen molar-refractivity contribution in [2.75, 3.05) is 18.7 Å². The Balaban J connectivity index is 1.67. The summed E-state index contributed by atoms with van der Waals surface area (Å²) >= 11 is 0. The molecule has 0 saturated carbocycles. The lowest BCUT2D eigenvalue weighted by Gasteiger charge is -2.37. The van der Waals surface area contributed by atoms with Crippen LogP contribution >= 0.6 is 0 Å². The standard InChI is InChI=1S/C21H20N4O2/c1-27-21(26)17-6-2-8-19(11-17)25-15-24(13-16-5-3-9-22-12-16)14-18-7-4-10-23-20(18)25/h2-12H,13-15H2,1H3. The first-order chi connectivity index (χ1) is 13.2. The van der Waals surface area contributed by atoms with Crippen LogP contribution in [0.25, 0.3) is 0 Å². The summed E-state index contributed by atoms with van der Waals surface area (Å²) in [6, 6.07) is 15.5. The minimum Gasteiger partial charge on any atom is -0.465 e. The summed E-state index contributed by atoms with van der Waals surface area (Å²) in [4.78, 5) is 25.2. The molecule has 136 valence electrons. The van der Waals surface area contributed by atoms with E-state index in [0.717, 1.165) is 35.7 Å². The van der Waals surface area contributed by atoms with E-state index in [4.69, 9.17) is 4.74 Å². The Labute approximate surface area is 158 Å². The highest BCUT2D eigenvalue weighted by Crippen LogP contribution is 2.32. The zero-order chi connectivity index (χ0) is 18.6. The maximum Gasteiger partial charge on any atom is 0.337 e. The molecular weight excluding hydrogens is 340 g/mol. The number of pyridine rings is 2. The van der Waals surface area contributed by atoms with Crippen molar-refractivity contribution >= 4 is 17.5 Å². The van der Waals surface area contributed by atoms with E-state index >= 15 is 0 Å². The van der Waals surface area contributed by atoms with E-state index in [1.54, 1.807) is 18.5 Å². The number of hydrogen-bond acceptors (Lipinski definition) is 6. The molecule has 0 spiro atoms. The highest BCUT2D eigenvalue weighted by molar-refractivity contribution is 5.90. The molecule has 0 aliphatic carbocycles. The molecule has 6 heteroatoms. The summed E-state index contributed by atoms with van der Waals surface area (Å²) in [6.45, 7) is 2.27. The number of nitrogens with zero attached hydrogens (tertiary/aromatic N) is 4. The van der Waals surface area contributed by atoms with Gasteiger partial charge in [0.2, 0.25) is 0 Å². The van der Waals surface area contributed by atoms with E-state index in [9.17, 15) is 4.79 Å². The van der Waals surface area contributed by atoms with Gasteiger partial charge in [-0.3, -0.25) is 9.88 Å². The molecule has 1 aliphatic rings. The lowest BCUT2D eigenvalue weighted by Crippen LogP contribution is -2.40. The van der Waals surface area contributed by atoms with Gasteiger partial charge in [0.05, 0.1) is 19.3 Å². The van der Waals surface area contributed by atoms with Crippen molar-refractivity contribution in [3.05, 3.63) is 83.8 Å². The molecule has 0 amide bonds. The van der Waals surface area contributed by atoms with Gasteiger partial charge in [0, 0.05) is 42.9 Å². The van der Waals surface area contributed by atoms with Gasteiger partial charge in [-0.15, -0.1) is 0 Å². The molecule has 0 bridgehead atoms. The van der Waals surface area contributed by atoms with Gasteiger partial charge in [-0.1, -0.05) is 18.2 Å². The fraction of sp³-hybridized carbons (Fsp3) is 0.190. The van der Waals surface area contributed by atoms with Gasteiger partial charge in [-0.05, 0) is 35.9 Å². The number of methoxy groups -OCH3 is 1. The predicted octanol–water partition coefficient (Wildman–Crippen LogP) is 3.37. The zero-order valence-electron chi connectivity index (χ0n) is 15.1. The molecule has 0 radical (unpaired) electrons. The van der Waals surface area contributed by atoms with Crippen molar-refractivity contribution in [2.45, 2.75) is 13.1 Å². The number of anilines is 2. The van der Waals surface area contributed by atoms with Crippen LogP contribution in [0, 0.1) is 0 Å². The van der Waals surface area contributed by atoms with Gasteiger partial charge in [0.15, 0.2) is 0 Å². The van der Waals surface area contributed by atoms with Crippen molar-refractivity contribution < 1.29 is 9.53 Å². The number of ether oxygens (including phenoxy) is 1. The summed E-state index contributed by atoms with van der Waals surface area (Å²) < 4.78 is 4.86. The molecule has 0 saturated heterocycles. The number of esters is 1. The summed E-state index contributed by atoms with van der Waals surface area (Å²) in [7, 11) is 1.39. The van der Waals surface area contributed by atoms with Crippen LogP contribution in [-0.4, -0.2) is 34.6 Å². The predicted molar refractivity (Wildman–Crippen MR) is 103 cm³/mol. The molecule has 3 heterocycles. The lowest BCUT2D eigenvalue weighted by atomic mass is 10.1. The summed E-state index contributed by atoms with van der Waals surface area (Å²) in [6.07, 6.45) is 5.47. The molecular formula is C21H20N4O2. The number of benzene rings is 1. The normalized spacial score (nSPS) is 13.9. The first-order valence-corrected chi connectivity index (χ1v) is 8.75. The van der Waals surface area contributed by atoms with Crippen molar-refractivity contribution in [3.8, 4) is 0 Å². The van der Waals surface area contributed by atoms with Crippen molar-refractivity contribution in [1.82, 2.24) is 14.9 Å². The third kappa shape index (κ3) is 3.66. The molecule has 0 N–H and O–H groups in total. The Bertz CT molecular complexity index is 946. The number of fused-ring (bicyclic) bond motifs is 1. The average molecular weight is 360 g/mol. The monoisotopic (exact) mass is 360 g/mol. The Morgan fingerprint density at radius 3 is 2.85 bits per heavy atom. The summed E-state index contributed by atoms with van der Waals surface area (Å²) in [5.41, 5.74) is 3.75.